The summed E-state index contributed by atoms with van der Waals surface area (Å²) in [4.78, 5) is 27.4. The molecule has 6 heteroatoms. The van der Waals surface area contributed by atoms with E-state index in [4.69, 9.17) is 9.47 Å². The van der Waals surface area contributed by atoms with Crippen molar-refractivity contribution in [2.24, 2.45) is 0 Å². The molecule has 0 aromatic heterocycles. The first-order valence-corrected chi connectivity index (χ1v) is 21.2. The van der Waals surface area contributed by atoms with E-state index in [1.807, 2.05) is 0 Å². The number of rotatable bonds is 38. The second-order valence-electron chi connectivity index (χ2n) is 14.5. The van der Waals surface area contributed by atoms with Crippen LogP contribution in [0.5, 0.6) is 0 Å². The summed E-state index contributed by atoms with van der Waals surface area (Å²) in [6.07, 6.45) is 33.4. The average Bonchev–Trinajstić information content (AvgIpc) is 3.07. The van der Waals surface area contributed by atoms with Crippen molar-refractivity contribution in [3.8, 4) is 0 Å². The molecule has 0 aliphatic heterocycles. The molecule has 0 fully saturated rings. The highest BCUT2D eigenvalue weighted by molar-refractivity contribution is 5.69. The molecule has 0 amide bonds. The van der Waals surface area contributed by atoms with E-state index >= 15 is 0 Å². The summed E-state index contributed by atoms with van der Waals surface area (Å²) in [5, 5.41) is 9.55. The van der Waals surface area contributed by atoms with Crippen molar-refractivity contribution >= 4 is 11.9 Å². The van der Waals surface area contributed by atoms with Gasteiger partial charge in [-0.15, -0.1) is 0 Å². The first kappa shape index (κ1) is 46.9. The molecule has 0 aromatic rings. The Morgan fingerprint density at radius 2 is 0.750 bits per heavy atom. The van der Waals surface area contributed by atoms with Gasteiger partial charge in [0.2, 0.25) is 0 Å². The molecular formula is C42H83NO5. The zero-order chi connectivity index (χ0) is 35.3. The molecular weight excluding hydrogens is 598 g/mol. The van der Waals surface area contributed by atoms with Crippen LogP contribution in [0.15, 0.2) is 0 Å². The Kier molecular flexibility index (Phi) is 36.2. The highest BCUT2D eigenvalue weighted by atomic mass is 16.5. The molecule has 0 saturated heterocycles. The van der Waals surface area contributed by atoms with E-state index in [0.29, 0.717) is 12.8 Å². The van der Waals surface area contributed by atoms with Gasteiger partial charge < -0.3 is 19.5 Å². The molecule has 48 heavy (non-hydrogen) atoms. The van der Waals surface area contributed by atoms with Crippen LogP contribution >= 0.6 is 0 Å². The highest BCUT2D eigenvalue weighted by Gasteiger charge is 2.15. The lowest BCUT2D eigenvalue weighted by Crippen LogP contribution is -2.29. The Bertz CT molecular complexity index is 633. The molecule has 6 nitrogen and oxygen atoms in total. The van der Waals surface area contributed by atoms with Crippen molar-refractivity contribution in [3.05, 3.63) is 0 Å². The molecule has 0 spiro atoms. The van der Waals surface area contributed by atoms with Crippen molar-refractivity contribution in [1.29, 1.82) is 0 Å². The fourth-order valence-electron chi connectivity index (χ4n) is 6.60. The lowest BCUT2D eigenvalue weighted by Gasteiger charge is -2.21. The molecule has 2 atom stereocenters. The number of aliphatic hydroxyl groups excluding tert-OH is 1. The Balaban J connectivity index is 4.03. The van der Waals surface area contributed by atoms with Crippen LogP contribution in [0.3, 0.4) is 0 Å². The number of esters is 2. The van der Waals surface area contributed by atoms with E-state index in [1.165, 1.54) is 89.9 Å². The number of aliphatic hydroxyl groups is 1. The van der Waals surface area contributed by atoms with Gasteiger partial charge in [0, 0.05) is 19.4 Å². The monoisotopic (exact) mass is 682 g/mol. The molecule has 0 heterocycles. The van der Waals surface area contributed by atoms with Crippen LogP contribution in [0, 0.1) is 0 Å². The van der Waals surface area contributed by atoms with Gasteiger partial charge in [-0.3, -0.25) is 9.59 Å². The Labute approximate surface area is 299 Å². The standard InChI is InChI=1S/C42H83NO5/c1-5-9-13-23-31-39(29-21-11-7-3)47-41(45)33-25-17-15-19-27-35-43(37-38-44)36-28-20-16-18-26-34-42(46)48-40(30-22-12-8-4)32-24-14-10-6-2/h39-40,44H,5-38H2,1-4H3. The zero-order valence-electron chi connectivity index (χ0n) is 32.7. The van der Waals surface area contributed by atoms with Gasteiger partial charge in [-0.25, -0.2) is 0 Å². The van der Waals surface area contributed by atoms with Crippen molar-refractivity contribution in [2.75, 3.05) is 26.2 Å². The summed E-state index contributed by atoms with van der Waals surface area (Å²) in [5.74, 6) is 0.00121. The largest absolute Gasteiger partial charge is 0.462 e. The molecule has 0 aromatic carbocycles. The fraction of sp³-hybridized carbons (Fsp3) is 0.952. The first-order chi connectivity index (χ1) is 23.5. The molecule has 0 radical (unpaired) electrons. The molecule has 0 saturated carbocycles. The number of nitrogens with zero attached hydrogens (tertiary/aromatic N) is 1. The lowest BCUT2D eigenvalue weighted by molar-refractivity contribution is -0.151. The summed E-state index contributed by atoms with van der Waals surface area (Å²) >= 11 is 0. The third-order valence-electron chi connectivity index (χ3n) is 9.74. The summed E-state index contributed by atoms with van der Waals surface area (Å²) in [6.45, 7) is 11.9. The number of carbonyl (C=O) groups is 2. The minimum absolute atomic E-state index is 0.000605. The average molecular weight is 682 g/mol. The van der Waals surface area contributed by atoms with Crippen molar-refractivity contribution in [2.45, 2.75) is 233 Å². The van der Waals surface area contributed by atoms with Gasteiger partial charge in [0.1, 0.15) is 12.2 Å². The van der Waals surface area contributed by atoms with Crippen LogP contribution in [0.1, 0.15) is 220 Å². The van der Waals surface area contributed by atoms with Crippen LogP contribution in [-0.2, 0) is 19.1 Å². The van der Waals surface area contributed by atoms with Crippen molar-refractivity contribution < 1.29 is 24.2 Å². The minimum Gasteiger partial charge on any atom is -0.462 e. The Morgan fingerprint density at radius 3 is 1.12 bits per heavy atom. The molecule has 1 N–H and O–H groups in total. The quantitative estimate of drug-likeness (QED) is 0.0516. The topological polar surface area (TPSA) is 76.1 Å². The van der Waals surface area contributed by atoms with E-state index in [9.17, 15) is 14.7 Å². The number of hydrogen-bond acceptors (Lipinski definition) is 6. The Morgan fingerprint density at radius 1 is 0.438 bits per heavy atom. The molecule has 0 aliphatic rings. The molecule has 286 valence electrons. The molecule has 0 aliphatic carbocycles. The fourth-order valence-corrected chi connectivity index (χ4v) is 6.60. The first-order valence-electron chi connectivity index (χ1n) is 21.2. The van der Waals surface area contributed by atoms with Crippen LogP contribution < -0.4 is 0 Å². The van der Waals surface area contributed by atoms with Gasteiger partial charge in [-0.1, -0.05) is 130 Å². The number of unbranched alkanes of at least 4 members (excludes halogenated alkanes) is 18. The van der Waals surface area contributed by atoms with Crippen LogP contribution in [0.2, 0.25) is 0 Å². The van der Waals surface area contributed by atoms with Crippen molar-refractivity contribution in [1.82, 2.24) is 4.90 Å². The van der Waals surface area contributed by atoms with Gasteiger partial charge in [0.05, 0.1) is 6.61 Å². The number of hydrogen-bond donors (Lipinski definition) is 1. The smallest absolute Gasteiger partial charge is 0.306 e. The summed E-state index contributed by atoms with van der Waals surface area (Å²) in [5.41, 5.74) is 0. The predicted molar refractivity (Wildman–Crippen MR) is 204 cm³/mol. The molecule has 0 bridgehead atoms. The summed E-state index contributed by atoms with van der Waals surface area (Å²) in [6, 6.07) is 0. The number of ether oxygens (including phenoxy) is 2. The van der Waals surface area contributed by atoms with E-state index < -0.39 is 0 Å². The van der Waals surface area contributed by atoms with Crippen LogP contribution in [0.25, 0.3) is 0 Å². The maximum absolute atomic E-state index is 12.5. The third-order valence-corrected chi connectivity index (χ3v) is 9.74. The number of carbonyl (C=O) groups excluding carboxylic acids is 2. The zero-order valence-corrected chi connectivity index (χ0v) is 32.7. The maximum atomic E-state index is 12.5. The van der Waals surface area contributed by atoms with E-state index in [-0.39, 0.29) is 30.8 Å². The van der Waals surface area contributed by atoms with Crippen molar-refractivity contribution in [3.63, 3.8) is 0 Å². The normalized spacial score (nSPS) is 12.8. The van der Waals surface area contributed by atoms with Crippen LogP contribution in [0.4, 0.5) is 0 Å². The SMILES string of the molecule is CCCCCCC(CCCCC)OC(=O)CCCCCCCN(CCO)CCCCCCCC(=O)OC(CCCCC)CCCCCC. The second kappa shape index (κ2) is 37.1. The van der Waals surface area contributed by atoms with Gasteiger partial charge in [-0.2, -0.15) is 0 Å². The minimum atomic E-state index is 0.000605. The predicted octanol–water partition coefficient (Wildman–Crippen LogP) is 11.9. The molecule has 0 rings (SSSR count). The maximum Gasteiger partial charge on any atom is 0.306 e. The van der Waals surface area contributed by atoms with E-state index in [1.54, 1.807) is 0 Å². The van der Waals surface area contributed by atoms with Crippen LogP contribution in [-0.4, -0.2) is 60.4 Å². The van der Waals surface area contributed by atoms with Gasteiger partial charge in [0.15, 0.2) is 0 Å². The molecule has 2 unspecified atom stereocenters. The lowest BCUT2D eigenvalue weighted by atomic mass is 10.0. The van der Waals surface area contributed by atoms with E-state index in [0.717, 1.165) is 110 Å². The summed E-state index contributed by atoms with van der Waals surface area (Å²) < 4.78 is 11.8. The Hall–Kier alpha value is -1.14. The highest BCUT2D eigenvalue weighted by Crippen LogP contribution is 2.18. The third kappa shape index (κ3) is 32.1. The van der Waals surface area contributed by atoms with Gasteiger partial charge in [0.25, 0.3) is 0 Å². The van der Waals surface area contributed by atoms with Gasteiger partial charge in [-0.05, 0) is 90.1 Å². The van der Waals surface area contributed by atoms with Gasteiger partial charge >= 0.3 is 11.9 Å². The second-order valence-corrected chi connectivity index (χ2v) is 14.5. The summed E-state index contributed by atoms with van der Waals surface area (Å²) in [7, 11) is 0. The van der Waals surface area contributed by atoms with E-state index in [2.05, 4.69) is 32.6 Å².